The zero-order valence-electron chi connectivity index (χ0n) is 23.1. The van der Waals surface area contributed by atoms with Crippen molar-refractivity contribution in [2.75, 3.05) is 11.9 Å². The molecule has 1 N–H and O–H groups in total. The second-order valence-corrected chi connectivity index (χ2v) is 12.2. The molecule has 4 aromatic carbocycles. The first-order chi connectivity index (χ1) is 18.1. The molecule has 0 saturated carbocycles. The molecule has 0 fully saturated rings. The molecule has 0 amide bonds. The van der Waals surface area contributed by atoms with E-state index in [-0.39, 0.29) is 10.8 Å². The van der Waals surface area contributed by atoms with E-state index in [1.807, 2.05) is 30.5 Å². The Balaban J connectivity index is 1.58. The number of rotatable bonds is 1. The minimum atomic E-state index is 0.0735. The lowest BCUT2D eigenvalue weighted by molar-refractivity contribution is 0.382. The lowest BCUT2D eigenvalue weighted by Gasteiger charge is -2.19. The van der Waals surface area contributed by atoms with Crippen molar-refractivity contribution in [1.82, 2.24) is 4.57 Å². The van der Waals surface area contributed by atoms with Crippen molar-refractivity contribution < 1.29 is 4.74 Å². The van der Waals surface area contributed by atoms with Gasteiger partial charge in [-0.3, -0.25) is 4.99 Å². The molecule has 0 unspecified atom stereocenters. The van der Waals surface area contributed by atoms with E-state index in [0.717, 1.165) is 28.5 Å². The van der Waals surface area contributed by atoms with Gasteiger partial charge in [0.1, 0.15) is 12.4 Å². The molecule has 0 radical (unpaired) electrons. The summed E-state index contributed by atoms with van der Waals surface area (Å²) in [6, 6.07) is 28.3. The van der Waals surface area contributed by atoms with Crippen molar-refractivity contribution in [2.45, 2.75) is 52.4 Å². The Bertz CT molecular complexity index is 1640. The Hall–Kier alpha value is -4.05. The monoisotopic (exact) mass is 501 g/mol. The van der Waals surface area contributed by atoms with Crippen LogP contribution in [0.25, 0.3) is 27.5 Å². The SMILES string of the molecule is CC(C)(C)c1ccc2c(c1)c1cc(C(C)(C)C)ccc1n2-c1ccc2c(c1)N=CCOc1ccccc1N2. The molecule has 1 aliphatic heterocycles. The summed E-state index contributed by atoms with van der Waals surface area (Å²) >= 11 is 0. The fraction of sp³-hybridized carbons (Fsp3) is 0.265. The van der Waals surface area contributed by atoms with Crippen LogP contribution >= 0.6 is 0 Å². The number of nitrogens with one attached hydrogen (secondary N) is 1. The quantitative estimate of drug-likeness (QED) is 0.249. The van der Waals surface area contributed by atoms with Crippen molar-refractivity contribution in [3.05, 3.63) is 90.0 Å². The number of hydrogen-bond acceptors (Lipinski definition) is 3. The maximum absolute atomic E-state index is 5.92. The number of benzene rings is 4. The van der Waals surface area contributed by atoms with E-state index in [4.69, 9.17) is 9.73 Å². The fourth-order valence-corrected chi connectivity index (χ4v) is 5.21. The van der Waals surface area contributed by atoms with E-state index >= 15 is 0 Å². The minimum Gasteiger partial charge on any atom is -0.486 e. The standard InChI is InChI=1S/C34H35N3O/c1-33(2,3)22-11-15-30-25(19-22)26-20-23(34(4,5)6)12-16-31(26)37(30)24-13-14-27-29(21-24)35-17-18-38-32-10-8-7-9-28(32)36-27/h7-17,19-21,36H,18H2,1-6H3. The molecule has 6 rings (SSSR count). The van der Waals surface area contributed by atoms with Crippen LogP contribution in [0.3, 0.4) is 0 Å². The van der Waals surface area contributed by atoms with Crippen LogP contribution in [0.1, 0.15) is 52.7 Å². The van der Waals surface area contributed by atoms with Gasteiger partial charge in [-0.2, -0.15) is 0 Å². The average Bonchev–Trinajstić information content (AvgIpc) is 3.24. The number of ether oxygens (including phenoxy) is 1. The second kappa shape index (κ2) is 8.76. The molecule has 2 heterocycles. The van der Waals surface area contributed by atoms with E-state index in [9.17, 15) is 0 Å². The Labute approximate surface area is 225 Å². The normalized spacial score (nSPS) is 13.7. The molecule has 0 aliphatic carbocycles. The van der Waals surface area contributed by atoms with Crippen molar-refractivity contribution >= 4 is 45.1 Å². The van der Waals surface area contributed by atoms with Crippen LogP contribution in [0.4, 0.5) is 17.1 Å². The first kappa shape index (κ1) is 24.3. The molecule has 4 nitrogen and oxygen atoms in total. The van der Waals surface area contributed by atoms with Gasteiger partial charge in [-0.25, -0.2) is 0 Å². The predicted molar refractivity (Wildman–Crippen MR) is 162 cm³/mol. The van der Waals surface area contributed by atoms with E-state index < -0.39 is 0 Å². The van der Waals surface area contributed by atoms with Gasteiger partial charge in [0, 0.05) is 22.7 Å². The number of aromatic nitrogens is 1. The van der Waals surface area contributed by atoms with Crippen LogP contribution in [0.5, 0.6) is 5.75 Å². The van der Waals surface area contributed by atoms with Crippen molar-refractivity contribution in [3.8, 4) is 11.4 Å². The summed E-state index contributed by atoms with van der Waals surface area (Å²) in [6.07, 6.45) is 1.84. The van der Waals surface area contributed by atoms with Crippen molar-refractivity contribution in [3.63, 3.8) is 0 Å². The third-order valence-electron chi connectivity index (χ3n) is 7.44. The molecule has 192 valence electrons. The first-order valence-electron chi connectivity index (χ1n) is 13.3. The van der Waals surface area contributed by atoms with E-state index in [1.165, 1.54) is 32.9 Å². The smallest absolute Gasteiger partial charge is 0.143 e. The number of nitrogens with zero attached hydrogens (tertiary/aromatic N) is 2. The Morgan fingerprint density at radius 3 is 1.97 bits per heavy atom. The summed E-state index contributed by atoms with van der Waals surface area (Å²) in [5, 5.41) is 6.10. The van der Waals surface area contributed by atoms with Gasteiger partial charge in [-0.15, -0.1) is 0 Å². The summed E-state index contributed by atoms with van der Waals surface area (Å²) in [5.74, 6) is 0.822. The van der Waals surface area contributed by atoms with Gasteiger partial charge in [0.05, 0.1) is 28.1 Å². The molecule has 5 aromatic rings. The largest absolute Gasteiger partial charge is 0.486 e. The summed E-state index contributed by atoms with van der Waals surface area (Å²) < 4.78 is 8.29. The van der Waals surface area contributed by atoms with Crippen LogP contribution in [-0.2, 0) is 10.8 Å². The minimum absolute atomic E-state index is 0.0735. The maximum Gasteiger partial charge on any atom is 0.143 e. The topological polar surface area (TPSA) is 38.5 Å². The molecular weight excluding hydrogens is 466 g/mol. The number of aliphatic imine (C=N–C) groups is 1. The Kier molecular flexibility index (Phi) is 5.60. The van der Waals surface area contributed by atoms with Gasteiger partial charge in [0.25, 0.3) is 0 Å². The average molecular weight is 502 g/mol. The maximum atomic E-state index is 5.92. The fourth-order valence-electron chi connectivity index (χ4n) is 5.21. The van der Waals surface area contributed by atoms with Crippen LogP contribution in [-0.4, -0.2) is 17.4 Å². The molecule has 1 aromatic heterocycles. The van der Waals surface area contributed by atoms with Gasteiger partial charge in [0.15, 0.2) is 0 Å². The zero-order chi connectivity index (χ0) is 26.7. The molecule has 38 heavy (non-hydrogen) atoms. The second-order valence-electron chi connectivity index (χ2n) is 12.2. The molecular formula is C34H35N3O. The van der Waals surface area contributed by atoms with E-state index in [2.05, 4.69) is 106 Å². The summed E-state index contributed by atoms with van der Waals surface area (Å²) in [5.41, 5.74) is 9.09. The van der Waals surface area contributed by atoms with Gasteiger partial charge < -0.3 is 14.6 Å². The molecule has 0 saturated heterocycles. The highest BCUT2D eigenvalue weighted by molar-refractivity contribution is 6.10. The molecule has 0 atom stereocenters. The third-order valence-corrected chi connectivity index (χ3v) is 7.44. The first-order valence-corrected chi connectivity index (χ1v) is 13.3. The van der Waals surface area contributed by atoms with E-state index in [1.54, 1.807) is 0 Å². The number of para-hydroxylation sites is 2. The number of fused-ring (bicyclic) bond motifs is 5. The predicted octanol–water partition coefficient (Wildman–Crippen LogP) is 9.22. The van der Waals surface area contributed by atoms with E-state index in [0.29, 0.717) is 6.61 Å². The van der Waals surface area contributed by atoms with Gasteiger partial charge in [0.2, 0.25) is 0 Å². The van der Waals surface area contributed by atoms with Gasteiger partial charge in [-0.05, 0) is 76.6 Å². The molecule has 1 aliphatic rings. The molecule has 0 bridgehead atoms. The summed E-state index contributed by atoms with van der Waals surface area (Å²) in [4.78, 5) is 4.79. The summed E-state index contributed by atoms with van der Waals surface area (Å²) in [6.45, 7) is 14.1. The number of hydrogen-bond donors (Lipinski definition) is 1. The Morgan fingerprint density at radius 1 is 0.711 bits per heavy atom. The van der Waals surface area contributed by atoms with Gasteiger partial charge in [-0.1, -0.05) is 65.8 Å². The highest BCUT2D eigenvalue weighted by Crippen LogP contribution is 2.40. The van der Waals surface area contributed by atoms with Crippen LogP contribution in [0.2, 0.25) is 0 Å². The Morgan fingerprint density at radius 2 is 1.34 bits per heavy atom. The lowest BCUT2D eigenvalue weighted by Crippen LogP contribution is -2.10. The summed E-state index contributed by atoms with van der Waals surface area (Å²) in [7, 11) is 0. The number of anilines is 2. The van der Waals surface area contributed by atoms with Crippen molar-refractivity contribution in [1.29, 1.82) is 0 Å². The van der Waals surface area contributed by atoms with Gasteiger partial charge >= 0.3 is 0 Å². The van der Waals surface area contributed by atoms with Crippen LogP contribution in [0, 0.1) is 0 Å². The lowest BCUT2D eigenvalue weighted by atomic mass is 9.85. The molecule has 4 heteroatoms. The highest BCUT2D eigenvalue weighted by atomic mass is 16.5. The molecule has 0 spiro atoms. The third kappa shape index (κ3) is 4.24. The zero-order valence-corrected chi connectivity index (χ0v) is 23.1. The highest BCUT2D eigenvalue weighted by Gasteiger charge is 2.21. The van der Waals surface area contributed by atoms with Crippen LogP contribution in [0.15, 0.2) is 83.9 Å². The van der Waals surface area contributed by atoms with Crippen LogP contribution < -0.4 is 10.1 Å². The van der Waals surface area contributed by atoms with Crippen molar-refractivity contribution in [2.24, 2.45) is 4.99 Å².